The zero-order chi connectivity index (χ0) is 32.5. The normalized spacial score (nSPS) is 13.8. The number of ether oxygens (including phenoxy) is 2. The minimum absolute atomic E-state index is 0.164. The maximum Gasteiger partial charge on any atom is 0.408 e. The van der Waals surface area contributed by atoms with Crippen molar-refractivity contribution in [2.75, 3.05) is 6.61 Å². The Morgan fingerprint density at radius 2 is 1.37 bits per heavy atom. The molecule has 3 N–H and O–H groups in total. The Morgan fingerprint density at radius 1 is 0.814 bits per heavy atom. The number of carbonyl (C=O) groups excluding carboxylic acids is 4. The number of amides is 3. The molecule has 2 aromatic rings. The van der Waals surface area contributed by atoms with Crippen molar-refractivity contribution in [3.8, 4) is 0 Å². The van der Waals surface area contributed by atoms with Crippen LogP contribution in [0.15, 0.2) is 54.6 Å². The van der Waals surface area contributed by atoms with Crippen LogP contribution in [0.5, 0.6) is 0 Å². The number of aliphatic hydroxyl groups is 1. The fourth-order valence-electron chi connectivity index (χ4n) is 4.35. The fraction of sp³-hybridized carbons (Fsp3) is 0.515. The highest BCUT2D eigenvalue weighted by Crippen LogP contribution is 2.26. The van der Waals surface area contributed by atoms with Gasteiger partial charge in [-0.05, 0) is 73.4 Å². The molecule has 2 rings (SSSR count). The number of aliphatic hydroxyl groups excluding tert-OH is 1. The van der Waals surface area contributed by atoms with E-state index in [1.165, 1.54) is 4.90 Å². The summed E-state index contributed by atoms with van der Waals surface area (Å²) in [7, 11) is 0. The lowest BCUT2D eigenvalue weighted by atomic mass is 9.99. The minimum Gasteiger partial charge on any atom is -0.458 e. The monoisotopic (exact) mass is 597 g/mol. The van der Waals surface area contributed by atoms with Crippen LogP contribution in [0.2, 0.25) is 0 Å². The topological polar surface area (TPSA) is 134 Å². The third-order valence-electron chi connectivity index (χ3n) is 6.19. The first-order valence-electron chi connectivity index (χ1n) is 14.5. The number of benzene rings is 2. The van der Waals surface area contributed by atoms with Crippen LogP contribution in [0, 0.1) is 6.92 Å². The van der Waals surface area contributed by atoms with Gasteiger partial charge in [-0.2, -0.15) is 0 Å². The largest absolute Gasteiger partial charge is 0.458 e. The van der Waals surface area contributed by atoms with E-state index in [0.29, 0.717) is 5.56 Å². The number of nitrogens with one attached hydrogen (secondary N) is 2. The SMILES string of the molecule is Cc1ccc(C(C(=O)NC(Cc2ccccc2)C(=O)OC(C)(C)C)N(C(=O)C(CO)NC(=O)OC(C)(C)C)C(C)C)cc1. The zero-order valence-electron chi connectivity index (χ0n) is 26.8. The zero-order valence-corrected chi connectivity index (χ0v) is 26.8. The molecule has 10 heteroatoms. The third-order valence-corrected chi connectivity index (χ3v) is 6.19. The molecular weight excluding hydrogens is 550 g/mol. The summed E-state index contributed by atoms with van der Waals surface area (Å²) in [5.41, 5.74) is 0.617. The molecule has 3 unspecified atom stereocenters. The average Bonchev–Trinajstić information content (AvgIpc) is 2.88. The second kappa shape index (κ2) is 15.0. The van der Waals surface area contributed by atoms with Gasteiger partial charge in [-0.25, -0.2) is 9.59 Å². The van der Waals surface area contributed by atoms with Crippen molar-refractivity contribution in [2.45, 2.75) is 104 Å². The van der Waals surface area contributed by atoms with Crippen LogP contribution >= 0.6 is 0 Å². The van der Waals surface area contributed by atoms with E-state index in [9.17, 15) is 24.3 Å². The van der Waals surface area contributed by atoms with Crippen molar-refractivity contribution in [3.05, 3.63) is 71.3 Å². The van der Waals surface area contributed by atoms with E-state index >= 15 is 0 Å². The highest BCUT2D eigenvalue weighted by atomic mass is 16.6. The number of aryl methyl sites for hydroxylation is 1. The molecule has 0 radical (unpaired) electrons. The van der Waals surface area contributed by atoms with E-state index in [1.807, 2.05) is 49.4 Å². The smallest absolute Gasteiger partial charge is 0.408 e. The summed E-state index contributed by atoms with van der Waals surface area (Å²) in [5.74, 6) is -1.93. The van der Waals surface area contributed by atoms with Crippen LogP contribution in [0.4, 0.5) is 4.79 Å². The standard InChI is InChI=1S/C33H47N3O7/c1-21(2)36(29(39)26(20-37)35-31(41)43-33(7,8)9)27(24-17-15-22(3)16-18-24)28(38)34-25(30(40)42-32(4,5)6)19-23-13-11-10-12-14-23/h10-18,21,25-27,37H,19-20H2,1-9H3,(H,34,38)(H,35,41). The molecule has 0 aliphatic carbocycles. The van der Waals surface area contributed by atoms with Crippen LogP contribution in [-0.4, -0.2) is 69.8 Å². The molecule has 10 nitrogen and oxygen atoms in total. The van der Waals surface area contributed by atoms with Gasteiger partial charge < -0.3 is 30.1 Å². The lowest BCUT2D eigenvalue weighted by Gasteiger charge is -2.37. The van der Waals surface area contributed by atoms with Gasteiger partial charge in [0.25, 0.3) is 0 Å². The van der Waals surface area contributed by atoms with Gasteiger partial charge in [0.05, 0.1) is 6.61 Å². The maximum absolute atomic E-state index is 14.2. The summed E-state index contributed by atoms with van der Waals surface area (Å²) in [6, 6.07) is 12.1. The van der Waals surface area contributed by atoms with Crippen LogP contribution in [-0.2, 0) is 30.3 Å². The van der Waals surface area contributed by atoms with E-state index in [0.717, 1.165) is 11.1 Å². The van der Waals surface area contributed by atoms with Gasteiger partial charge in [-0.15, -0.1) is 0 Å². The van der Waals surface area contributed by atoms with E-state index < -0.39 is 65.9 Å². The summed E-state index contributed by atoms with van der Waals surface area (Å²) in [5, 5.41) is 15.4. The highest BCUT2D eigenvalue weighted by molar-refractivity contribution is 5.94. The van der Waals surface area contributed by atoms with Gasteiger partial charge in [0.1, 0.15) is 29.3 Å². The minimum atomic E-state index is -1.39. The number of hydrogen-bond donors (Lipinski definition) is 3. The molecule has 0 saturated carbocycles. The molecule has 236 valence electrons. The number of hydrogen-bond acceptors (Lipinski definition) is 7. The quantitative estimate of drug-likeness (QED) is 0.330. The van der Waals surface area contributed by atoms with Gasteiger partial charge in [0.15, 0.2) is 0 Å². The van der Waals surface area contributed by atoms with E-state index in [2.05, 4.69) is 10.6 Å². The molecule has 0 aliphatic heterocycles. The highest BCUT2D eigenvalue weighted by Gasteiger charge is 2.39. The van der Waals surface area contributed by atoms with Crippen molar-refractivity contribution >= 4 is 23.9 Å². The lowest BCUT2D eigenvalue weighted by Crippen LogP contribution is -2.57. The van der Waals surface area contributed by atoms with Gasteiger partial charge in [-0.3, -0.25) is 9.59 Å². The van der Waals surface area contributed by atoms with E-state index in [1.54, 1.807) is 67.5 Å². The number of esters is 1. The Hall–Kier alpha value is -3.92. The summed E-state index contributed by atoms with van der Waals surface area (Å²) < 4.78 is 10.9. The Bertz CT molecular complexity index is 1230. The lowest BCUT2D eigenvalue weighted by molar-refractivity contribution is -0.159. The molecule has 0 bridgehead atoms. The predicted octanol–water partition coefficient (Wildman–Crippen LogP) is 4.23. The van der Waals surface area contributed by atoms with Gasteiger partial charge in [-0.1, -0.05) is 60.2 Å². The van der Waals surface area contributed by atoms with Crippen molar-refractivity contribution in [2.24, 2.45) is 0 Å². The fourth-order valence-corrected chi connectivity index (χ4v) is 4.35. The second-order valence-corrected chi connectivity index (χ2v) is 12.8. The second-order valence-electron chi connectivity index (χ2n) is 12.8. The molecule has 43 heavy (non-hydrogen) atoms. The van der Waals surface area contributed by atoms with Crippen LogP contribution in [0.3, 0.4) is 0 Å². The van der Waals surface area contributed by atoms with Crippen LogP contribution in [0.25, 0.3) is 0 Å². The molecule has 0 aliphatic rings. The molecule has 0 heterocycles. The summed E-state index contributed by atoms with van der Waals surface area (Å²) in [4.78, 5) is 55.2. The first kappa shape index (κ1) is 35.3. The van der Waals surface area contributed by atoms with Crippen molar-refractivity contribution < 1.29 is 33.8 Å². The first-order chi connectivity index (χ1) is 19.9. The Labute approximate surface area is 255 Å². The predicted molar refractivity (Wildman–Crippen MR) is 164 cm³/mol. The van der Waals surface area contributed by atoms with Gasteiger partial charge >= 0.3 is 12.1 Å². The van der Waals surface area contributed by atoms with Crippen molar-refractivity contribution in [1.82, 2.24) is 15.5 Å². The molecule has 0 aromatic heterocycles. The molecule has 3 atom stereocenters. The summed E-state index contributed by atoms with van der Waals surface area (Å²) in [6.45, 7) is 14.9. The number of carbonyl (C=O) groups is 4. The average molecular weight is 598 g/mol. The number of alkyl carbamates (subject to hydrolysis) is 1. The Balaban J connectivity index is 2.52. The molecule has 0 fully saturated rings. The maximum atomic E-state index is 14.2. The van der Waals surface area contributed by atoms with Gasteiger partial charge in [0.2, 0.25) is 11.8 Å². The van der Waals surface area contributed by atoms with Crippen LogP contribution < -0.4 is 10.6 Å². The molecule has 0 spiro atoms. The molecule has 0 saturated heterocycles. The van der Waals surface area contributed by atoms with Crippen LogP contribution in [0.1, 0.15) is 78.1 Å². The molecule has 3 amide bonds. The van der Waals surface area contributed by atoms with E-state index in [4.69, 9.17) is 9.47 Å². The Morgan fingerprint density at radius 3 is 1.86 bits per heavy atom. The Kier molecular flexibility index (Phi) is 12.3. The number of rotatable bonds is 11. The van der Waals surface area contributed by atoms with Crippen molar-refractivity contribution in [1.29, 1.82) is 0 Å². The van der Waals surface area contributed by atoms with Gasteiger partial charge in [0, 0.05) is 12.5 Å². The first-order valence-corrected chi connectivity index (χ1v) is 14.5. The molecular formula is C33H47N3O7. The molecule has 2 aromatic carbocycles. The van der Waals surface area contributed by atoms with E-state index in [-0.39, 0.29) is 6.42 Å². The van der Waals surface area contributed by atoms with Crippen molar-refractivity contribution in [3.63, 3.8) is 0 Å². The third kappa shape index (κ3) is 11.4. The summed E-state index contributed by atoms with van der Waals surface area (Å²) >= 11 is 0. The number of nitrogens with zero attached hydrogens (tertiary/aromatic N) is 1. The summed E-state index contributed by atoms with van der Waals surface area (Å²) in [6.07, 6.45) is -0.718.